The molecule has 1 N–H and O–H groups in total. The lowest BCUT2D eigenvalue weighted by molar-refractivity contribution is -0.136. The zero-order chi connectivity index (χ0) is 15.5. The van der Waals surface area contributed by atoms with E-state index in [1.54, 1.807) is 0 Å². The maximum atomic E-state index is 12.5. The number of rotatable bonds is 0. The van der Waals surface area contributed by atoms with Crippen LogP contribution < -0.4 is 0 Å². The van der Waals surface area contributed by atoms with Crippen LogP contribution in [0, 0.1) is 34.5 Å². The predicted octanol–water partition coefficient (Wildman–Crippen LogP) is 4.85. The molecule has 0 unspecified atom stereocenters. The minimum absolute atomic E-state index is 0. The van der Waals surface area contributed by atoms with Gasteiger partial charge < -0.3 is 5.21 Å². The minimum Gasteiger partial charge on any atom is -0.411 e. The van der Waals surface area contributed by atoms with E-state index in [0.29, 0.717) is 23.5 Å². The molecule has 0 heterocycles. The first-order valence-corrected chi connectivity index (χ1v) is 9.25. The van der Waals surface area contributed by atoms with E-state index < -0.39 is 0 Å². The van der Waals surface area contributed by atoms with Crippen LogP contribution in [0.1, 0.15) is 71.6 Å². The fourth-order valence-corrected chi connectivity index (χ4v) is 7.00. The highest BCUT2D eigenvalue weighted by atomic mass is 35.5. The fourth-order valence-electron chi connectivity index (χ4n) is 7.00. The molecule has 0 aromatic heterocycles. The molecule has 0 aliphatic heterocycles. The van der Waals surface area contributed by atoms with Crippen molar-refractivity contribution < 1.29 is 10.0 Å². The first kappa shape index (κ1) is 17.3. The zero-order valence-corrected chi connectivity index (χ0v) is 15.2. The largest absolute Gasteiger partial charge is 0.411 e. The highest BCUT2D eigenvalue weighted by Gasteiger charge is 2.61. The molecule has 4 saturated carbocycles. The van der Waals surface area contributed by atoms with Gasteiger partial charge in [-0.2, -0.15) is 0 Å². The lowest BCUT2D eigenvalue weighted by Gasteiger charge is -2.59. The molecule has 130 valence electrons. The van der Waals surface area contributed by atoms with Gasteiger partial charge in [0, 0.05) is 17.8 Å². The lowest BCUT2D eigenvalue weighted by Crippen LogP contribution is -2.53. The fraction of sp³-hybridized carbons (Fsp3) is 0.895. The summed E-state index contributed by atoms with van der Waals surface area (Å²) < 4.78 is 0. The maximum absolute atomic E-state index is 12.5. The van der Waals surface area contributed by atoms with Gasteiger partial charge in [0.1, 0.15) is 5.78 Å². The Labute approximate surface area is 145 Å². The third-order valence-corrected chi connectivity index (χ3v) is 8.22. The summed E-state index contributed by atoms with van der Waals surface area (Å²) in [6.07, 6.45) is 10.7. The van der Waals surface area contributed by atoms with Gasteiger partial charge in [-0.25, -0.2) is 0 Å². The summed E-state index contributed by atoms with van der Waals surface area (Å²) in [5, 5.41) is 13.0. The molecule has 4 heteroatoms. The second-order valence-electron chi connectivity index (χ2n) is 8.92. The first-order chi connectivity index (χ1) is 10.5. The summed E-state index contributed by atoms with van der Waals surface area (Å²) in [7, 11) is 0. The number of fused-ring (bicyclic) bond motifs is 5. The van der Waals surface area contributed by atoms with Crippen molar-refractivity contribution in [1.29, 1.82) is 0 Å². The van der Waals surface area contributed by atoms with Crippen molar-refractivity contribution >= 4 is 23.9 Å². The van der Waals surface area contributed by atoms with Gasteiger partial charge in [0.15, 0.2) is 0 Å². The van der Waals surface area contributed by atoms with Gasteiger partial charge >= 0.3 is 0 Å². The van der Waals surface area contributed by atoms with Crippen LogP contribution in [0.4, 0.5) is 0 Å². The van der Waals surface area contributed by atoms with E-state index in [9.17, 15) is 10.0 Å². The van der Waals surface area contributed by atoms with Crippen LogP contribution in [-0.4, -0.2) is 16.7 Å². The normalized spacial score (nSPS) is 50.7. The number of oxime groups is 1. The Morgan fingerprint density at radius 3 is 2.61 bits per heavy atom. The van der Waals surface area contributed by atoms with E-state index in [1.807, 2.05) is 0 Å². The predicted molar refractivity (Wildman–Crippen MR) is 93.2 cm³/mol. The van der Waals surface area contributed by atoms with Crippen molar-refractivity contribution in [2.24, 2.45) is 39.7 Å². The van der Waals surface area contributed by atoms with Crippen molar-refractivity contribution in [1.82, 2.24) is 0 Å². The molecule has 0 aromatic rings. The first-order valence-electron chi connectivity index (χ1n) is 9.25. The highest BCUT2D eigenvalue weighted by molar-refractivity contribution is 6.13. The summed E-state index contributed by atoms with van der Waals surface area (Å²) in [5.74, 6) is 2.71. The third kappa shape index (κ3) is 2.22. The summed E-state index contributed by atoms with van der Waals surface area (Å²) in [4.78, 5) is 12.5. The van der Waals surface area contributed by atoms with E-state index in [0.717, 1.165) is 24.0 Å². The van der Waals surface area contributed by atoms with Crippen molar-refractivity contribution in [2.75, 3.05) is 0 Å². The zero-order valence-electron chi connectivity index (χ0n) is 14.4. The number of Topliss-reactive ketones (excluding diaryl/α,β-unsaturated/α-hetero) is 1. The van der Waals surface area contributed by atoms with Crippen molar-refractivity contribution in [3.8, 4) is 0 Å². The second-order valence-corrected chi connectivity index (χ2v) is 8.92. The monoisotopic (exact) mass is 339 g/mol. The van der Waals surface area contributed by atoms with Gasteiger partial charge in [0.2, 0.25) is 0 Å². The summed E-state index contributed by atoms with van der Waals surface area (Å²) in [6, 6.07) is 0. The van der Waals surface area contributed by atoms with Crippen LogP contribution in [0.15, 0.2) is 5.16 Å². The SMILES string of the molecule is C[C@]12CCCC[C@@H]1CC[C@@H]1[C@@H]2CC[C@]2(C)C(=O)CC(=NO)[C@@H]12.Cl. The van der Waals surface area contributed by atoms with Crippen molar-refractivity contribution in [3.63, 3.8) is 0 Å². The Bertz CT molecular complexity index is 533. The molecule has 0 radical (unpaired) electrons. The number of ketones is 1. The van der Waals surface area contributed by atoms with Gasteiger partial charge in [-0.15, -0.1) is 12.4 Å². The number of hydrogen-bond acceptors (Lipinski definition) is 3. The average molecular weight is 340 g/mol. The van der Waals surface area contributed by atoms with Crippen LogP contribution in [0.2, 0.25) is 0 Å². The number of hydrogen-bond donors (Lipinski definition) is 1. The molecule has 4 rings (SSSR count). The topological polar surface area (TPSA) is 49.7 Å². The van der Waals surface area contributed by atoms with Gasteiger partial charge in [0.05, 0.1) is 5.71 Å². The smallest absolute Gasteiger partial charge is 0.145 e. The van der Waals surface area contributed by atoms with E-state index >= 15 is 0 Å². The van der Waals surface area contributed by atoms with Crippen LogP contribution >= 0.6 is 12.4 Å². The van der Waals surface area contributed by atoms with Crippen molar-refractivity contribution in [2.45, 2.75) is 71.6 Å². The lowest BCUT2D eigenvalue weighted by atomic mass is 9.45. The summed E-state index contributed by atoms with van der Waals surface area (Å²) in [5.41, 5.74) is 1.01. The van der Waals surface area contributed by atoms with E-state index in [2.05, 4.69) is 19.0 Å². The average Bonchev–Trinajstić information content (AvgIpc) is 2.78. The summed E-state index contributed by atoms with van der Waals surface area (Å²) >= 11 is 0. The van der Waals surface area contributed by atoms with Gasteiger partial charge in [0.25, 0.3) is 0 Å². The van der Waals surface area contributed by atoms with Gasteiger partial charge in [-0.1, -0.05) is 31.8 Å². The van der Waals surface area contributed by atoms with Crippen LogP contribution in [0.3, 0.4) is 0 Å². The molecule has 6 atom stereocenters. The Hall–Kier alpha value is -0.570. The quantitative estimate of drug-likeness (QED) is 0.506. The standard InChI is InChI=1S/C19H29NO2.ClH/c1-18-9-4-3-5-12(18)6-7-13-14(18)8-10-19(2)16(21)11-15(20-22)17(13)19;/h12-14,17,22H,3-11H2,1-2H3;1H/t12-,13-,14+,17-,18+,19-;/m1./s1. The highest BCUT2D eigenvalue weighted by Crippen LogP contribution is 2.64. The molecule has 0 bridgehead atoms. The Morgan fingerprint density at radius 2 is 1.87 bits per heavy atom. The number of nitrogens with zero attached hydrogens (tertiary/aromatic N) is 1. The number of carbonyl (C=O) groups is 1. The molecule has 0 spiro atoms. The maximum Gasteiger partial charge on any atom is 0.145 e. The molecular formula is C19H30ClNO2. The second kappa shape index (κ2) is 5.75. The van der Waals surface area contributed by atoms with Crippen LogP contribution in [-0.2, 0) is 4.79 Å². The molecule has 0 aromatic carbocycles. The Morgan fingerprint density at radius 1 is 1.09 bits per heavy atom. The Kier molecular flexibility index (Phi) is 4.32. The number of carbonyl (C=O) groups excluding carboxylic acids is 1. The van der Waals surface area contributed by atoms with Gasteiger partial charge in [-0.05, 0) is 61.7 Å². The molecule has 23 heavy (non-hydrogen) atoms. The van der Waals surface area contributed by atoms with Crippen LogP contribution in [0.25, 0.3) is 0 Å². The van der Waals surface area contributed by atoms with Gasteiger partial charge in [-0.3, -0.25) is 4.79 Å². The van der Waals surface area contributed by atoms with E-state index in [-0.39, 0.29) is 23.7 Å². The molecule has 0 saturated heterocycles. The van der Waals surface area contributed by atoms with E-state index in [1.165, 1.54) is 44.9 Å². The Balaban J connectivity index is 0.00000156. The summed E-state index contributed by atoms with van der Waals surface area (Å²) in [6.45, 7) is 4.67. The molecular weight excluding hydrogens is 310 g/mol. The minimum atomic E-state index is -0.249. The molecule has 4 aliphatic carbocycles. The van der Waals surface area contributed by atoms with E-state index in [4.69, 9.17) is 0 Å². The molecule has 3 nitrogen and oxygen atoms in total. The van der Waals surface area contributed by atoms with Crippen LogP contribution in [0.5, 0.6) is 0 Å². The number of halogens is 1. The molecule has 0 amide bonds. The molecule has 4 fully saturated rings. The third-order valence-electron chi connectivity index (χ3n) is 8.22. The van der Waals surface area contributed by atoms with Crippen molar-refractivity contribution in [3.05, 3.63) is 0 Å². The molecule has 4 aliphatic rings.